The number of aromatic nitrogens is 4. The molecule has 2 aromatic heterocycles. The quantitative estimate of drug-likeness (QED) is 0.864. The molecular weight excluding hydrogens is 294 g/mol. The number of rotatable bonds is 4. The van der Waals surface area contributed by atoms with E-state index in [9.17, 15) is 9.90 Å². The molecule has 1 fully saturated rings. The van der Waals surface area contributed by atoms with Gasteiger partial charge in [-0.1, -0.05) is 0 Å². The lowest BCUT2D eigenvalue weighted by Gasteiger charge is -2.16. The standard InChI is InChI=1S/C16H23N5O2/c1-10-5-14(18-17-10)6-13-7-20(8-15(13)22)16(23)9-21-12(3)4-11(2)19-21/h4-5,13,15,22H,6-9H2,1-3H3,(H,17,18)/t13-,15+/m1/s1. The highest BCUT2D eigenvalue weighted by Crippen LogP contribution is 2.21. The van der Waals surface area contributed by atoms with Crippen molar-refractivity contribution in [2.24, 2.45) is 5.92 Å². The Morgan fingerprint density at radius 2 is 2.13 bits per heavy atom. The van der Waals surface area contributed by atoms with E-state index in [4.69, 9.17) is 0 Å². The molecule has 1 saturated heterocycles. The van der Waals surface area contributed by atoms with Crippen LogP contribution >= 0.6 is 0 Å². The van der Waals surface area contributed by atoms with E-state index in [1.165, 1.54) is 0 Å². The number of H-pyrrole nitrogens is 1. The van der Waals surface area contributed by atoms with E-state index in [-0.39, 0.29) is 18.4 Å². The van der Waals surface area contributed by atoms with Gasteiger partial charge in [-0.2, -0.15) is 10.2 Å². The van der Waals surface area contributed by atoms with Crippen LogP contribution in [0.4, 0.5) is 0 Å². The number of aliphatic hydroxyl groups excluding tert-OH is 1. The normalized spacial score (nSPS) is 21.1. The Morgan fingerprint density at radius 3 is 2.74 bits per heavy atom. The van der Waals surface area contributed by atoms with E-state index in [1.54, 1.807) is 9.58 Å². The second-order valence-electron chi connectivity index (χ2n) is 6.46. The SMILES string of the molecule is Cc1cc(C)n(CC(=O)N2C[C@@H](Cc3cc(C)[nH]n3)[C@@H](O)C2)n1. The summed E-state index contributed by atoms with van der Waals surface area (Å²) in [7, 11) is 0. The molecular formula is C16H23N5O2. The highest BCUT2D eigenvalue weighted by molar-refractivity contribution is 5.76. The van der Waals surface area contributed by atoms with Crippen molar-refractivity contribution in [1.29, 1.82) is 0 Å². The first-order chi connectivity index (χ1) is 10.9. The average molecular weight is 317 g/mol. The van der Waals surface area contributed by atoms with Gasteiger partial charge in [-0.15, -0.1) is 0 Å². The lowest BCUT2D eigenvalue weighted by Crippen LogP contribution is -2.33. The van der Waals surface area contributed by atoms with Crippen LogP contribution in [0.5, 0.6) is 0 Å². The highest BCUT2D eigenvalue weighted by Gasteiger charge is 2.34. The molecule has 0 radical (unpaired) electrons. The number of likely N-dealkylation sites (tertiary alicyclic amines) is 1. The number of aromatic amines is 1. The van der Waals surface area contributed by atoms with Crippen molar-refractivity contribution in [3.05, 3.63) is 34.9 Å². The van der Waals surface area contributed by atoms with Crippen LogP contribution in [0.3, 0.4) is 0 Å². The summed E-state index contributed by atoms with van der Waals surface area (Å²) in [6, 6.07) is 3.93. The van der Waals surface area contributed by atoms with Gasteiger partial charge in [0.05, 0.1) is 17.5 Å². The van der Waals surface area contributed by atoms with Crippen molar-refractivity contribution in [3.8, 4) is 0 Å². The fraction of sp³-hybridized carbons (Fsp3) is 0.562. The van der Waals surface area contributed by atoms with Crippen LogP contribution in [-0.4, -0.2) is 55.1 Å². The highest BCUT2D eigenvalue weighted by atomic mass is 16.3. The van der Waals surface area contributed by atoms with Gasteiger partial charge in [-0.05, 0) is 39.3 Å². The molecule has 1 amide bonds. The van der Waals surface area contributed by atoms with Gasteiger partial charge in [0.2, 0.25) is 5.91 Å². The zero-order valence-corrected chi connectivity index (χ0v) is 13.8. The molecule has 0 spiro atoms. The molecule has 1 aliphatic heterocycles. The summed E-state index contributed by atoms with van der Waals surface area (Å²) in [6.07, 6.45) is 0.172. The topological polar surface area (TPSA) is 87.0 Å². The maximum Gasteiger partial charge on any atom is 0.244 e. The molecule has 0 saturated carbocycles. The van der Waals surface area contributed by atoms with Gasteiger partial charge in [0.1, 0.15) is 6.54 Å². The van der Waals surface area contributed by atoms with Gasteiger partial charge >= 0.3 is 0 Å². The lowest BCUT2D eigenvalue weighted by molar-refractivity contribution is -0.131. The maximum atomic E-state index is 12.5. The molecule has 3 rings (SSSR count). The summed E-state index contributed by atoms with van der Waals surface area (Å²) in [4.78, 5) is 14.2. The molecule has 0 aromatic carbocycles. The Morgan fingerprint density at radius 1 is 1.35 bits per heavy atom. The first-order valence-electron chi connectivity index (χ1n) is 7.90. The molecule has 124 valence electrons. The molecule has 0 aliphatic carbocycles. The fourth-order valence-corrected chi connectivity index (χ4v) is 3.17. The molecule has 2 aromatic rings. The summed E-state index contributed by atoms with van der Waals surface area (Å²) < 4.78 is 1.72. The second kappa shape index (κ2) is 6.16. The smallest absolute Gasteiger partial charge is 0.244 e. The van der Waals surface area contributed by atoms with E-state index in [0.717, 1.165) is 22.8 Å². The summed E-state index contributed by atoms with van der Waals surface area (Å²) in [6.45, 7) is 6.97. The van der Waals surface area contributed by atoms with E-state index < -0.39 is 6.10 Å². The van der Waals surface area contributed by atoms with Gasteiger partial charge in [0, 0.05) is 30.4 Å². The Kier molecular flexibility index (Phi) is 4.21. The monoisotopic (exact) mass is 317 g/mol. The Bertz CT molecular complexity index is 705. The summed E-state index contributed by atoms with van der Waals surface area (Å²) in [5.41, 5.74) is 3.81. The molecule has 3 heterocycles. The number of amides is 1. The molecule has 7 heteroatoms. The van der Waals surface area contributed by atoms with E-state index in [0.29, 0.717) is 19.5 Å². The minimum atomic E-state index is -0.503. The summed E-state index contributed by atoms with van der Waals surface area (Å²) in [5.74, 6) is 0.0260. The Labute approximate surface area is 135 Å². The van der Waals surface area contributed by atoms with Crippen LogP contribution in [0.15, 0.2) is 12.1 Å². The van der Waals surface area contributed by atoms with Gasteiger partial charge < -0.3 is 10.0 Å². The number of nitrogens with one attached hydrogen (secondary N) is 1. The van der Waals surface area contributed by atoms with Crippen LogP contribution in [0, 0.1) is 26.7 Å². The van der Waals surface area contributed by atoms with Gasteiger partial charge in [0.25, 0.3) is 0 Å². The first-order valence-corrected chi connectivity index (χ1v) is 7.90. The van der Waals surface area contributed by atoms with E-state index in [2.05, 4.69) is 15.3 Å². The Balaban J connectivity index is 1.61. The number of carbonyl (C=O) groups excluding carboxylic acids is 1. The van der Waals surface area contributed by atoms with Crippen molar-refractivity contribution in [3.63, 3.8) is 0 Å². The average Bonchev–Trinajstić information content (AvgIpc) is 3.13. The van der Waals surface area contributed by atoms with Crippen molar-refractivity contribution < 1.29 is 9.90 Å². The number of nitrogens with zero attached hydrogens (tertiary/aromatic N) is 4. The molecule has 23 heavy (non-hydrogen) atoms. The van der Waals surface area contributed by atoms with Crippen molar-refractivity contribution in [2.45, 2.75) is 39.8 Å². The lowest BCUT2D eigenvalue weighted by atomic mass is 10.0. The largest absolute Gasteiger partial charge is 0.391 e. The maximum absolute atomic E-state index is 12.5. The third kappa shape index (κ3) is 3.44. The Hall–Kier alpha value is -2.15. The van der Waals surface area contributed by atoms with Crippen molar-refractivity contribution in [2.75, 3.05) is 13.1 Å². The van der Waals surface area contributed by atoms with Crippen LogP contribution in [0.1, 0.15) is 22.8 Å². The third-order valence-corrected chi connectivity index (χ3v) is 4.38. The summed E-state index contributed by atoms with van der Waals surface area (Å²) >= 11 is 0. The fourth-order valence-electron chi connectivity index (χ4n) is 3.17. The molecule has 1 aliphatic rings. The first kappa shape index (κ1) is 15.7. The number of aryl methyl sites for hydroxylation is 3. The van der Waals surface area contributed by atoms with Crippen LogP contribution < -0.4 is 0 Å². The van der Waals surface area contributed by atoms with Gasteiger partial charge in [0.15, 0.2) is 0 Å². The molecule has 2 atom stereocenters. The minimum Gasteiger partial charge on any atom is -0.391 e. The van der Waals surface area contributed by atoms with Gasteiger partial charge in [-0.3, -0.25) is 14.6 Å². The van der Waals surface area contributed by atoms with Crippen LogP contribution in [0.25, 0.3) is 0 Å². The van der Waals surface area contributed by atoms with Crippen LogP contribution in [-0.2, 0) is 17.8 Å². The van der Waals surface area contributed by atoms with E-state index in [1.807, 2.05) is 32.9 Å². The number of carbonyl (C=O) groups is 1. The predicted octanol–water partition coefficient (Wildman–Crippen LogP) is 0.593. The van der Waals surface area contributed by atoms with Crippen LogP contribution in [0.2, 0.25) is 0 Å². The molecule has 7 nitrogen and oxygen atoms in total. The molecule has 0 unspecified atom stereocenters. The number of β-amino-alcohol motifs (C(OH)–C–C–N with tert-alkyl or cyclic N) is 1. The summed E-state index contributed by atoms with van der Waals surface area (Å²) in [5, 5.41) is 21.7. The number of hydrogen-bond acceptors (Lipinski definition) is 4. The zero-order valence-electron chi connectivity index (χ0n) is 13.8. The minimum absolute atomic E-state index is 0.00374. The van der Waals surface area contributed by atoms with Crippen molar-refractivity contribution >= 4 is 5.91 Å². The van der Waals surface area contributed by atoms with Gasteiger partial charge in [-0.25, -0.2) is 0 Å². The third-order valence-electron chi connectivity index (χ3n) is 4.38. The number of aliphatic hydroxyl groups is 1. The zero-order chi connectivity index (χ0) is 16.6. The van der Waals surface area contributed by atoms with E-state index >= 15 is 0 Å². The van der Waals surface area contributed by atoms with Crippen molar-refractivity contribution in [1.82, 2.24) is 24.9 Å². The predicted molar refractivity (Wildman–Crippen MR) is 84.8 cm³/mol. The second-order valence-corrected chi connectivity index (χ2v) is 6.46. The molecule has 2 N–H and O–H groups in total. The molecule has 0 bridgehead atoms. The number of hydrogen-bond donors (Lipinski definition) is 2.